The Morgan fingerprint density at radius 3 is 2.44 bits per heavy atom. The number of aromatic nitrogens is 3. The number of aliphatic hydroxyl groups is 1. The molecule has 6 aromatic rings. The minimum atomic E-state index is -4.60. The molecule has 2 saturated heterocycles. The van der Waals surface area contributed by atoms with Crippen LogP contribution in [0.5, 0.6) is 23.1 Å². The number of H-pyrrole nitrogens is 1. The third kappa shape index (κ3) is 12.6. The van der Waals surface area contributed by atoms with E-state index in [1.807, 2.05) is 6.92 Å². The van der Waals surface area contributed by atoms with Gasteiger partial charge < -0.3 is 44.8 Å². The number of carbonyl (C=O) groups excluding carboxylic acids is 1. The fourth-order valence-corrected chi connectivity index (χ4v) is 14.1. The number of nitrogens with one attached hydrogen (secondary N) is 4. The van der Waals surface area contributed by atoms with Gasteiger partial charge in [-0.3, -0.25) is 14.6 Å². The molecule has 1 amide bonds. The summed E-state index contributed by atoms with van der Waals surface area (Å²) in [5.41, 5.74) is 5.89. The number of rotatable bonds is 20. The number of ether oxygens (including phenoxy) is 3. The van der Waals surface area contributed by atoms with Crippen LogP contribution in [0.15, 0.2) is 90.1 Å². The molecule has 0 radical (unpaired) electrons. The number of nitrogens with zero attached hydrogens (tertiary/aromatic N) is 5. The van der Waals surface area contributed by atoms with E-state index in [2.05, 4.69) is 96.0 Å². The van der Waals surface area contributed by atoms with E-state index < -0.39 is 32.4 Å². The second kappa shape index (κ2) is 23.7. The van der Waals surface area contributed by atoms with Gasteiger partial charge in [-0.15, -0.1) is 0 Å². The summed E-state index contributed by atoms with van der Waals surface area (Å²) in [7, 11) is -1.48. The number of piperazine rings is 1. The average Bonchev–Trinajstić information content (AvgIpc) is 3.94. The zero-order valence-electron chi connectivity index (χ0n) is 48.2. The maximum Gasteiger partial charge on any atom is 0.268 e. The molecule has 3 aromatic carbocycles. The molecule has 5 fully saturated rings. The smallest absolute Gasteiger partial charge is 0.268 e. The molecule has 1 spiro atoms. The molecule has 3 saturated carbocycles. The van der Waals surface area contributed by atoms with Crippen molar-refractivity contribution in [1.29, 1.82) is 0 Å². The Kier molecular flexibility index (Phi) is 16.6. The molecule has 17 nitrogen and oxygen atoms in total. The first-order valence-electron chi connectivity index (χ1n) is 29.5. The second-order valence-corrected chi connectivity index (χ2v) is 26.2. The van der Waals surface area contributed by atoms with Crippen LogP contribution in [-0.4, -0.2) is 116 Å². The van der Waals surface area contributed by atoms with Gasteiger partial charge in [-0.05, 0) is 148 Å². The van der Waals surface area contributed by atoms with Crippen LogP contribution in [0.2, 0.25) is 0 Å². The van der Waals surface area contributed by atoms with Gasteiger partial charge in [0.2, 0.25) is 0 Å². The van der Waals surface area contributed by atoms with E-state index in [1.165, 1.54) is 66.5 Å². The second-order valence-electron chi connectivity index (χ2n) is 24.5. The molecule has 1 unspecified atom stereocenters. The summed E-state index contributed by atoms with van der Waals surface area (Å²) < 4.78 is 63.7. The Morgan fingerprint density at radius 2 is 1.72 bits per heavy atom. The Balaban J connectivity index is 0.800. The third-order valence-corrected chi connectivity index (χ3v) is 19.5. The lowest BCUT2D eigenvalue weighted by Gasteiger charge is -2.58. The number of carbonyl (C=O) groups is 1. The monoisotopic (exact) mass is 1140 g/mol. The summed E-state index contributed by atoms with van der Waals surface area (Å²) >= 11 is 0. The van der Waals surface area contributed by atoms with Crippen molar-refractivity contribution < 1.29 is 42.0 Å². The summed E-state index contributed by atoms with van der Waals surface area (Å²) in [6.45, 7) is 14.2. The molecule has 5 aliphatic rings. The van der Waals surface area contributed by atoms with Crippen LogP contribution in [-0.2, 0) is 23.0 Å². The number of halogens is 1. The minimum absolute atomic E-state index is 0.00940. The Morgan fingerprint density at radius 1 is 0.951 bits per heavy atom. The maximum absolute atomic E-state index is 15.1. The number of methoxy groups -OCH3 is 1. The van der Waals surface area contributed by atoms with Crippen molar-refractivity contribution in [3.05, 3.63) is 124 Å². The average molecular weight is 1140 g/mol. The van der Waals surface area contributed by atoms with Crippen LogP contribution in [0, 0.1) is 28.3 Å². The van der Waals surface area contributed by atoms with Crippen molar-refractivity contribution >= 4 is 44.2 Å². The lowest BCUT2D eigenvalue weighted by molar-refractivity contribution is -0.751. The predicted molar refractivity (Wildman–Crippen MR) is 315 cm³/mol. The summed E-state index contributed by atoms with van der Waals surface area (Å²) in [4.78, 5) is 33.3. The summed E-state index contributed by atoms with van der Waals surface area (Å²) in [6.07, 6.45) is 13.1. The van der Waals surface area contributed by atoms with Crippen LogP contribution in [0.25, 0.3) is 11.0 Å². The number of pyridine rings is 2. The molecular formula is C63H80FN9O8S. The molecule has 2 aliphatic heterocycles. The molecule has 438 valence electrons. The molecule has 3 aromatic heterocycles. The molecule has 5 heterocycles. The van der Waals surface area contributed by atoms with E-state index in [4.69, 9.17) is 14.2 Å². The van der Waals surface area contributed by atoms with Crippen molar-refractivity contribution in [2.24, 2.45) is 17.3 Å². The number of hydrogen-bond acceptors (Lipinski definition) is 14. The number of hydrogen-bond donors (Lipinski definition) is 5. The zero-order valence-corrected chi connectivity index (χ0v) is 49.0. The Bertz CT molecular complexity index is 3380. The maximum atomic E-state index is 15.1. The minimum Gasteiger partial charge on any atom is -0.629 e. The highest BCUT2D eigenvalue weighted by molar-refractivity contribution is 7.90. The van der Waals surface area contributed by atoms with Crippen LogP contribution in [0.4, 0.5) is 21.6 Å². The van der Waals surface area contributed by atoms with Crippen LogP contribution >= 0.6 is 0 Å². The fourth-order valence-electron chi connectivity index (χ4n) is 13.2. The molecule has 5 N–H and O–H groups in total. The standard InChI is InChI=1S/C63H80FN9O8S/c1-7-80-61-57(32-51-52(64)37-67-58(51)68-61)81-56-30-45(16-17-50(56)60(74)69-82(77,78)47-31-53(70(5)76)59(66-36-47)65-35-42-18-20-62(4,75)21-19-42)72-24-22-63(23-25-72)33-46(34-63)73-27-26-71(39-54(73)49-11-9-8-10-48(49)40(2)3)38-43-14-15-44(28-41-12-13-41)55(29-43)79-6/h8-11,14-17,29-32,36-37,40-42,46,54,70,75H,7,12-13,18-28,33-35,38-39H2,1-6H3,(H,65,66)(H,67,68)(H,69,74)/t42?,54-,62?/m0/s1. The number of amides is 1. The van der Waals surface area contributed by atoms with Gasteiger partial charge >= 0.3 is 0 Å². The number of hydroxylamine groups is 1. The van der Waals surface area contributed by atoms with Crippen LogP contribution in [0.3, 0.4) is 0 Å². The topological polar surface area (TPSA) is 202 Å². The molecule has 2 atom stereocenters. The van der Waals surface area contributed by atoms with Crippen molar-refractivity contribution in [3.63, 3.8) is 0 Å². The first kappa shape index (κ1) is 57.5. The molecule has 82 heavy (non-hydrogen) atoms. The van der Waals surface area contributed by atoms with Gasteiger partial charge in [0, 0.05) is 88.0 Å². The van der Waals surface area contributed by atoms with Crippen molar-refractivity contribution in [3.8, 4) is 23.1 Å². The number of piperidine rings is 1. The van der Waals surface area contributed by atoms with Gasteiger partial charge in [-0.1, -0.05) is 50.2 Å². The van der Waals surface area contributed by atoms with E-state index in [9.17, 15) is 23.5 Å². The van der Waals surface area contributed by atoms with Crippen LogP contribution < -0.4 is 34.2 Å². The number of fused-ring (bicyclic) bond motifs is 1. The molecule has 0 bridgehead atoms. The Labute approximate surface area is 481 Å². The van der Waals surface area contributed by atoms with Gasteiger partial charge in [0.1, 0.15) is 27.9 Å². The highest BCUT2D eigenvalue weighted by Crippen LogP contribution is 2.54. The van der Waals surface area contributed by atoms with Gasteiger partial charge in [0.15, 0.2) is 17.3 Å². The Hall–Kier alpha value is -6.35. The number of sulfonamides is 1. The number of quaternary nitrogens is 1. The number of benzene rings is 3. The van der Waals surface area contributed by atoms with Crippen molar-refractivity contribution in [2.45, 2.75) is 133 Å². The zero-order chi connectivity index (χ0) is 57.5. The molecule has 3 aliphatic carbocycles. The SMILES string of the molecule is CCOc1nc2[nH]cc(F)c2cc1Oc1cc(N2CCC3(CC2)CC(N2CCN(Cc4ccc(CC5CC5)c(OC)c4)C[C@H]2c2ccccc2C(C)C)C3)ccc1C(=O)NS(=O)(=O)c1cnc(NCC2CCC(C)(O)CC2)c([NH+](C)[O-])c1. The molecule has 19 heteroatoms. The van der Waals surface area contributed by atoms with E-state index in [0.717, 1.165) is 108 Å². The summed E-state index contributed by atoms with van der Waals surface area (Å²) in [5.74, 6) is 1.22. The van der Waals surface area contributed by atoms with Gasteiger partial charge in [0.05, 0.1) is 43.5 Å². The van der Waals surface area contributed by atoms with Gasteiger partial charge in [0.25, 0.3) is 21.8 Å². The van der Waals surface area contributed by atoms with E-state index >= 15 is 4.39 Å². The highest BCUT2D eigenvalue weighted by Gasteiger charge is 2.50. The molecular weight excluding hydrogens is 1060 g/mol. The number of anilines is 2. The predicted octanol–water partition coefficient (Wildman–Crippen LogP) is 9.80. The van der Waals surface area contributed by atoms with Crippen molar-refractivity contribution in [1.82, 2.24) is 29.5 Å². The third-order valence-electron chi connectivity index (χ3n) is 18.2. The van der Waals surface area contributed by atoms with Gasteiger partial charge in [-0.2, -0.15) is 4.98 Å². The summed E-state index contributed by atoms with van der Waals surface area (Å²) in [5, 5.41) is 26.3. The van der Waals surface area contributed by atoms with Gasteiger partial charge in [-0.25, -0.2) is 22.5 Å². The lowest BCUT2D eigenvalue weighted by Crippen LogP contribution is -2.98. The normalized spacial score (nSPS) is 22.0. The number of aromatic amines is 1. The molecule has 11 rings (SSSR count). The summed E-state index contributed by atoms with van der Waals surface area (Å²) in [6, 6.07) is 24.3. The highest BCUT2D eigenvalue weighted by atomic mass is 32.2. The fraction of sp³-hybridized carbons (Fsp3) is 0.508. The van der Waals surface area contributed by atoms with Crippen molar-refractivity contribution in [2.75, 3.05) is 70.2 Å². The first-order valence-corrected chi connectivity index (χ1v) is 31.0. The van der Waals surface area contributed by atoms with E-state index in [-0.39, 0.29) is 74.4 Å². The van der Waals surface area contributed by atoms with E-state index in [0.29, 0.717) is 31.3 Å². The quantitative estimate of drug-likeness (QED) is 0.0452. The first-order chi connectivity index (χ1) is 39.4. The van der Waals surface area contributed by atoms with Crippen LogP contribution in [0.1, 0.15) is 136 Å². The lowest BCUT2D eigenvalue weighted by atomic mass is 9.59. The largest absolute Gasteiger partial charge is 0.629 e. The van der Waals surface area contributed by atoms with E-state index in [1.54, 1.807) is 26.2 Å².